The van der Waals surface area contributed by atoms with E-state index < -0.39 is 12.0 Å². The molecule has 2 aliphatic heterocycles. The van der Waals surface area contributed by atoms with E-state index >= 15 is 0 Å². The summed E-state index contributed by atoms with van der Waals surface area (Å²) in [4.78, 5) is 33.8. The van der Waals surface area contributed by atoms with Crippen molar-refractivity contribution in [3.63, 3.8) is 0 Å². The lowest BCUT2D eigenvalue weighted by atomic mass is 9.94. The maximum atomic E-state index is 13.2. The van der Waals surface area contributed by atoms with Crippen molar-refractivity contribution in [2.75, 3.05) is 6.26 Å². The summed E-state index contributed by atoms with van der Waals surface area (Å²) >= 11 is 3.12. The van der Waals surface area contributed by atoms with E-state index in [4.69, 9.17) is 4.74 Å². The molecule has 0 radical (unpaired) electrons. The van der Waals surface area contributed by atoms with Gasteiger partial charge >= 0.3 is 5.97 Å². The van der Waals surface area contributed by atoms with Crippen LogP contribution in [0.15, 0.2) is 75.8 Å². The Morgan fingerprint density at radius 2 is 1.87 bits per heavy atom. The maximum absolute atomic E-state index is 13.2. The van der Waals surface area contributed by atoms with Gasteiger partial charge in [0.2, 0.25) is 5.91 Å². The minimum atomic E-state index is -0.539. The van der Waals surface area contributed by atoms with Crippen molar-refractivity contribution in [1.82, 2.24) is 4.90 Å². The van der Waals surface area contributed by atoms with Crippen molar-refractivity contribution in [2.24, 2.45) is 4.99 Å². The Balaban J connectivity index is 1.70. The molecule has 0 aromatic heterocycles. The third-order valence-electron chi connectivity index (χ3n) is 5.39. The van der Waals surface area contributed by atoms with Gasteiger partial charge in [0, 0.05) is 4.90 Å². The summed E-state index contributed by atoms with van der Waals surface area (Å²) in [5.41, 5.74) is 2.80. The van der Waals surface area contributed by atoms with Crippen molar-refractivity contribution < 1.29 is 14.3 Å². The standard InChI is InChI=1S/C24H24N2O3S2/c1-4-19-22(27)26-21(17-10-12-18(30-3)13-11-17)20(15(2)25-24(26)31-19)23(28)29-14-16-8-6-5-7-9-16/h5-13,19,21H,4,14H2,1-3H3. The molecule has 2 aromatic carbocycles. The molecule has 31 heavy (non-hydrogen) atoms. The van der Waals surface area contributed by atoms with Crippen LogP contribution in [0.3, 0.4) is 0 Å². The monoisotopic (exact) mass is 452 g/mol. The van der Waals surface area contributed by atoms with Crippen LogP contribution >= 0.6 is 23.5 Å². The Bertz CT molecular complexity index is 1050. The van der Waals surface area contributed by atoms with Gasteiger partial charge < -0.3 is 4.74 Å². The number of nitrogens with zero attached hydrogens (tertiary/aromatic N) is 2. The molecule has 1 saturated heterocycles. The third kappa shape index (κ3) is 4.29. The smallest absolute Gasteiger partial charge is 0.338 e. The van der Waals surface area contributed by atoms with Gasteiger partial charge in [0.25, 0.3) is 0 Å². The summed E-state index contributed by atoms with van der Waals surface area (Å²) in [6, 6.07) is 17.0. The van der Waals surface area contributed by atoms with E-state index in [0.717, 1.165) is 16.0 Å². The highest BCUT2D eigenvalue weighted by atomic mass is 32.2. The summed E-state index contributed by atoms with van der Waals surface area (Å²) in [5.74, 6) is -0.452. The fraction of sp³-hybridized carbons (Fsp3) is 0.292. The predicted molar refractivity (Wildman–Crippen MR) is 126 cm³/mol. The van der Waals surface area contributed by atoms with Gasteiger partial charge in [0.15, 0.2) is 5.17 Å². The number of benzene rings is 2. The van der Waals surface area contributed by atoms with E-state index in [-0.39, 0.29) is 17.8 Å². The Labute approximate surface area is 191 Å². The summed E-state index contributed by atoms with van der Waals surface area (Å²) in [6.07, 6.45) is 2.73. The minimum Gasteiger partial charge on any atom is -0.457 e. The Kier molecular flexibility index (Phi) is 6.53. The van der Waals surface area contributed by atoms with Crippen LogP contribution in [-0.2, 0) is 20.9 Å². The van der Waals surface area contributed by atoms with E-state index in [0.29, 0.717) is 22.9 Å². The number of carbonyl (C=O) groups excluding carboxylic acids is 2. The van der Waals surface area contributed by atoms with Crippen LogP contribution in [0, 0.1) is 0 Å². The van der Waals surface area contributed by atoms with E-state index in [2.05, 4.69) is 4.99 Å². The number of ether oxygens (including phenoxy) is 1. The zero-order valence-corrected chi connectivity index (χ0v) is 19.3. The molecule has 5 nitrogen and oxygen atoms in total. The number of amidine groups is 1. The average molecular weight is 453 g/mol. The van der Waals surface area contributed by atoms with E-state index in [1.807, 2.05) is 74.7 Å². The van der Waals surface area contributed by atoms with Crippen LogP contribution in [0.5, 0.6) is 0 Å². The number of hydrogen-bond donors (Lipinski definition) is 0. The summed E-state index contributed by atoms with van der Waals surface area (Å²) in [6.45, 7) is 3.98. The second-order valence-corrected chi connectivity index (χ2v) is 9.40. The number of rotatable bonds is 6. The van der Waals surface area contributed by atoms with E-state index in [1.54, 1.807) is 16.7 Å². The highest BCUT2D eigenvalue weighted by Gasteiger charge is 2.47. The maximum Gasteiger partial charge on any atom is 0.338 e. The molecule has 0 bridgehead atoms. The van der Waals surface area contributed by atoms with Crippen molar-refractivity contribution in [3.8, 4) is 0 Å². The molecule has 2 unspecified atom stereocenters. The van der Waals surface area contributed by atoms with Gasteiger partial charge in [0.1, 0.15) is 6.61 Å². The second-order valence-electron chi connectivity index (χ2n) is 7.35. The molecule has 1 fully saturated rings. The van der Waals surface area contributed by atoms with Gasteiger partial charge in [-0.05, 0) is 42.9 Å². The molecule has 7 heteroatoms. The van der Waals surface area contributed by atoms with Crippen LogP contribution in [0.25, 0.3) is 0 Å². The highest BCUT2D eigenvalue weighted by molar-refractivity contribution is 8.15. The van der Waals surface area contributed by atoms with Gasteiger partial charge in [-0.2, -0.15) is 0 Å². The third-order valence-corrected chi connectivity index (χ3v) is 7.45. The molecule has 2 aliphatic rings. The first-order chi connectivity index (χ1) is 15.0. The molecule has 0 saturated carbocycles. The van der Waals surface area contributed by atoms with Crippen LogP contribution < -0.4 is 0 Å². The zero-order valence-electron chi connectivity index (χ0n) is 17.7. The molecular formula is C24H24N2O3S2. The Morgan fingerprint density at radius 1 is 1.16 bits per heavy atom. The minimum absolute atomic E-state index is 0.00828. The molecule has 4 rings (SSSR count). The van der Waals surface area contributed by atoms with Crippen LogP contribution in [0.2, 0.25) is 0 Å². The molecule has 2 aromatic rings. The first kappa shape index (κ1) is 21.7. The van der Waals surface area contributed by atoms with Gasteiger partial charge in [-0.25, -0.2) is 9.79 Å². The summed E-state index contributed by atoms with van der Waals surface area (Å²) in [5, 5.41) is 0.479. The van der Waals surface area contributed by atoms with Gasteiger partial charge in [0.05, 0.1) is 22.6 Å². The predicted octanol–water partition coefficient (Wildman–Crippen LogP) is 5.19. The van der Waals surface area contributed by atoms with Crippen LogP contribution in [0.4, 0.5) is 0 Å². The number of esters is 1. The average Bonchev–Trinajstić information content (AvgIpc) is 3.12. The fourth-order valence-corrected chi connectivity index (χ4v) is 5.29. The first-order valence-electron chi connectivity index (χ1n) is 10.2. The molecule has 0 N–H and O–H groups in total. The van der Waals surface area contributed by atoms with E-state index in [1.165, 1.54) is 11.8 Å². The Hall–Kier alpha value is -2.51. The molecule has 1 amide bonds. The molecule has 160 valence electrons. The highest BCUT2D eigenvalue weighted by Crippen LogP contribution is 2.44. The van der Waals surface area contributed by atoms with Crippen LogP contribution in [-0.4, -0.2) is 33.4 Å². The van der Waals surface area contributed by atoms with Gasteiger partial charge in [-0.3, -0.25) is 9.69 Å². The SMILES string of the molecule is CCC1SC2=NC(C)=C(C(=O)OCc3ccccc3)C(c3ccc(SC)cc3)N2C1=O. The summed E-state index contributed by atoms with van der Waals surface area (Å²) < 4.78 is 5.66. The zero-order chi connectivity index (χ0) is 22.0. The molecule has 2 heterocycles. The second kappa shape index (κ2) is 9.32. The topological polar surface area (TPSA) is 59.0 Å². The number of thioether (sulfide) groups is 2. The van der Waals surface area contributed by atoms with Crippen molar-refractivity contribution in [2.45, 2.75) is 43.1 Å². The number of fused-ring (bicyclic) bond motifs is 1. The normalized spacial score (nSPS) is 20.5. The van der Waals surface area contributed by atoms with Gasteiger partial charge in [-0.15, -0.1) is 11.8 Å². The number of hydrogen-bond acceptors (Lipinski definition) is 6. The van der Waals surface area contributed by atoms with Crippen molar-refractivity contribution >= 4 is 40.6 Å². The van der Waals surface area contributed by atoms with Crippen LogP contribution in [0.1, 0.15) is 37.4 Å². The number of amides is 1. The Morgan fingerprint density at radius 3 is 2.52 bits per heavy atom. The summed E-state index contributed by atoms with van der Waals surface area (Å²) in [7, 11) is 0. The molecular weight excluding hydrogens is 428 g/mol. The lowest BCUT2D eigenvalue weighted by Crippen LogP contribution is -2.40. The van der Waals surface area contributed by atoms with E-state index in [9.17, 15) is 9.59 Å². The van der Waals surface area contributed by atoms with Crippen molar-refractivity contribution in [1.29, 1.82) is 0 Å². The number of aliphatic imine (C=N–C) groups is 1. The lowest BCUT2D eigenvalue weighted by molar-refractivity contribution is -0.141. The molecule has 0 spiro atoms. The molecule has 2 atom stereocenters. The fourth-order valence-electron chi connectivity index (χ4n) is 3.75. The quantitative estimate of drug-likeness (QED) is 0.446. The number of carbonyl (C=O) groups is 2. The lowest BCUT2D eigenvalue weighted by Gasteiger charge is -2.33. The van der Waals surface area contributed by atoms with Crippen molar-refractivity contribution in [3.05, 3.63) is 77.0 Å². The first-order valence-corrected chi connectivity index (χ1v) is 12.3. The number of allylic oxidation sites excluding steroid dienone is 1. The largest absolute Gasteiger partial charge is 0.457 e. The molecule has 0 aliphatic carbocycles. The van der Waals surface area contributed by atoms with Gasteiger partial charge in [-0.1, -0.05) is 61.2 Å².